The zero-order chi connectivity index (χ0) is 17.4. The molecule has 0 spiro atoms. The highest BCUT2D eigenvalue weighted by atomic mass is 16.2. The molecule has 0 aliphatic carbocycles. The van der Waals surface area contributed by atoms with E-state index in [0.717, 1.165) is 24.3 Å². The fraction of sp³-hybridized carbons (Fsp3) is 0.421. The van der Waals surface area contributed by atoms with Crippen LogP contribution in [0.2, 0.25) is 0 Å². The van der Waals surface area contributed by atoms with Crippen LogP contribution >= 0.6 is 0 Å². The lowest BCUT2D eigenvalue weighted by Crippen LogP contribution is -2.31. The summed E-state index contributed by atoms with van der Waals surface area (Å²) < 4.78 is 0. The lowest BCUT2D eigenvalue weighted by Gasteiger charge is -2.21. The Kier molecular flexibility index (Phi) is 6.73. The van der Waals surface area contributed by atoms with Crippen LogP contribution in [0.5, 0.6) is 0 Å². The number of aryl methyl sites for hydroxylation is 1. The fourth-order valence-corrected chi connectivity index (χ4v) is 2.52. The van der Waals surface area contributed by atoms with Gasteiger partial charge in [-0.2, -0.15) is 0 Å². The number of nitrogens with one attached hydrogen (secondary N) is 1. The maximum atomic E-state index is 12.9. The highest BCUT2D eigenvalue weighted by molar-refractivity contribution is 6.04. The quantitative estimate of drug-likeness (QED) is 0.743. The van der Waals surface area contributed by atoms with Gasteiger partial charge in [0.25, 0.3) is 5.91 Å². The molecule has 2 aromatic rings. The molecule has 1 heterocycles. The maximum Gasteiger partial charge on any atom is 0.277 e. The predicted octanol–water partition coefficient (Wildman–Crippen LogP) is 4.05. The van der Waals surface area contributed by atoms with Gasteiger partial charge in [0.15, 0.2) is 0 Å². The summed E-state index contributed by atoms with van der Waals surface area (Å²) in [6.45, 7) is 7.42. The Morgan fingerprint density at radius 3 is 2.54 bits per heavy atom. The van der Waals surface area contributed by atoms with Crippen molar-refractivity contribution in [1.82, 2.24) is 9.97 Å². The highest BCUT2D eigenvalue weighted by Crippen LogP contribution is 2.17. The summed E-state index contributed by atoms with van der Waals surface area (Å²) in [4.78, 5) is 23.4. The molecule has 1 aromatic heterocycles. The smallest absolute Gasteiger partial charge is 0.277 e. The largest absolute Gasteiger partial charge is 0.354 e. The van der Waals surface area contributed by atoms with Gasteiger partial charge in [0.2, 0.25) is 5.95 Å². The number of amides is 1. The molecule has 2 rings (SSSR count). The number of aromatic nitrogens is 2. The van der Waals surface area contributed by atoms with E-state index in [4.69, 9.17) is 0 Å². The first-order valence-electron chi connectivity index (χ1n) is 8.62. The molecule has 5 nitrogen and oxygen atoms in total. The van der Waals surface area contributed by atoms with Crippen LogP contribution in [0.1, 0.15) is 49.3 Å². The van der Waals surface area contributed by atoms with E-state index in [1.807, 2.05) is 44.2 Å². The lowest BCUT2D eigenvalue weighted by molar-refractivity contribution is 0.0983. The summed E-state index contributed by atoms with van der Waals surface area (Å²) >= 11 is 0. The van der Waals surface area contributed by atoms with E-state index in [0.29, 0.717) is 18.2 Å². The second-order valence-electron chi connectivity index (χ2n) is 5.74. The number of unbranched alkanes of at least 4 members (excludes halogenated alkanes) is 2. The van der Waals surface area contributed by atoms with Gasteiger partial charge in [-0.25, -0.2) is 9.97 Å². The van der Waals surface area contributed by atoms with Crippen LogP contribution in [0.15, 0.2) is 36.4 Å². The Bertz CT molecular complexity index is 658. The van der Waals surface area contributed by atoms with Crippen LogP contribution in [0.25, 0.3) is 0 Å². The van der Waals surface area contributed by atoms with Gasteiger partial charge in [0.1, 0.15) is 5.69 Å². The summed E-state index contributed by atoms with van der Waals surface area (Å²) in [5, 5.41) is 3.22. The van der Waals surface area contributed by atoms with Gasteiger partial charge >= 0.3 is 0 Å². The van der Waals surface area contributed by atoms with Gasteiger partial charge in [-0.3, -0.25) is 4.79 Å². The van der Waals surface area contributed by atoms with Gasteiger partial charge < -0.3 is 10.2 Å². The molecule has 0 radical (unpaired) electrons. The molecule has 0 aliphatic rings. The van der Waals surface area contributed by atoms with Crippen LogP contribution in [-0.2, 0) is 0 Å². The molecule has 0 atom stereocenters. The average molecular weight is 326 g/mol. The zero-order valence-electron chi connectivity index (χ0n) is 14.7. The molecular formula is C19H26N4O. The van der Waals surface area contributed by atoms with E-state index >= 15 is 0 Å². The summed E-state index contributed by atoms with van der Waals surface area (Å²) in [5.74, 6) is 0.421. The molecule has 0 fully saturated rings. The van der Waals surface area contributed by atoms with Crippen LogP contribution in [0.3, 0.4) is 0 Å². The van der Waals surface area contributed by atoms with Crippen LogP contribution in [0.4, 0.5) is 11.6 Å². The van der Waals surface area contributed by atoms with Crippen molar-refractivity contribution in [2.75, 3.05) is 23.3 Å². The first kappa shape index (κ1) is 17.9. The molecule has 24 heavy (non-hydrogen) atoms. The second-order valence-corrected chi connectivity index (χ2v) is 5.74. The van der Waals surface area contributed by atoms with Crippen LogP contribution < -0.4 is 10.2 Å². The topological polar surface area (TPSA) is 58.1 Å². The second kappa shape index (κ2) is 9.01. The Labute approximate surface area is 144 Å². The normalized spacial score (nSPS) is 10.5. The molecule has 0 saturated heterocycles. The van der Waals surface area contributed by atoms with E-state index < -0.39 is 0 Å². The lowest BCUT2D eigenvalue weighted by atomic mass is 10.2. The number of carbonyl (C=O) groups excluding carboxylic acids is 1. The first-order chi connectivity index (χ1) is 11.7. The Morgan fingerprint density at radius 2 is 1.88 bits per heavy atom. The van der Waals surface area contributed by atoms with Gasteiger partial charge in [-0.15, -0.1) is 0 Å². The van der Waals surface area contributed by atoms with Crippen LogP contribution in [-0.4, -0.2) is 29.0 Å². The number of hydrogen-bond acceptors (Lipinski definition) is 4. The van der Waals surface area contributed by atoms with Crippen molar-refractivity contribution in [2.24, 2.45) is 0 Å². The Morgan fingerprint density at radius 1 is 1.12 bits per heavy atom. The Hall–Kier alpha value is -2.43. The van der Waals surface area contributed by atoms with Crippen molar-refractivity contribution in [3.63, 3.8) is 0 Å². The third-order valence-corrected chi connectivity index (χ3v) is 3.77. The number of para-hydroxylation sites is 1. The van der Waals surface area contributed by atoms with Crippen molar-refractivity contribution >= 4 is 17.5 Å². The predicted molar refractivity (Wildman–Crippen MR) is 98.6 cm³/mol. The SMILES string of the molecule is CCCCCNc1nc(C)cc(C(=O)N(CC)c2ccccc2)n1. The van der Waals surface area contributed by atoms with E-state index in [9.17, 15) is 4.79 Å². The third-order valence-electron chi connectivity index (χ3n) is 3.77. The van der Waals surface area contributed by atoms with Crippen molar-refractivity contribution < 1.29 is 4.79 Å². The molecule has 0 saturated carbocycles. The molecular weight excluding hydrogens is 300 g/mol. The highest BCUT2D eigenvalue weighted by Gasteiger charge is 2.18. The Balaban J connectivity index is 2.17. The molecule has 0 unspecified atom stereocenters. The number of nitrogens with zero attached hydrogens (tertiary/aromatic N) is 3. The third kappa shape index (κ3) is 4.78. The van der Waals surface area contributed by atoms with Crippen molar-refractivity contribution in [3.8, 4) is 0 Å². The van der Waals surface area contributed by atoms with Crippen molar-refractivity contribution in [3.05, 3.63) is 47.8 Å². The van der Waals surface area contributed by atoms with E-state index in [2.05, 4.69) is 22.2 Å². The minimum atomic E-state index is -0.106. The zero-order valence-corrected chi connectivity index (χ0v) is 14.7. The summed E-state index contributed by atoms with van der Waals surface area (Å²) in [6, 6.07) is 11.4. The summed E-state index contributed by atoms with van der Waals surface area (Å²) in [5.41, 5.74) is 2.08. The molecule has 1 aromatic carbocycles. The summed E-state index contributed by atoms with van der Waals surface area (Å²) in [6.07, 6.45) is 3.41. The average Bonchev–Trinajstić information content (AvgIpc) is 2.60. The van der Waals surface area contributed by atoms with Gasteiger partial charge in [-0.05, 0) is 38.5 Å². The molecule has 0 aliphatic heterocycles. The number of hydrogen-bond donors (Lipinski definition) is 1. The van der Waals surface area contributed by atoms with Gasteiger partial charge in [-0.1, -0.05) is 38.0 Å². The fourth-order valence-electron chi connectivity index (χ4n) is 2.52. The molecule has 1 N–H and O–H groups in total. The molecule has 0 bridgehead atoms. The molecule has 128 valence electrons. The van der Waals surface area contributed by atoms with Crippen molar-refractivity contribution in [1.29, 1.82) is 0 Å². The standard InChI is InChI=1S/C19H26N4O/c1-4-6-10-13-20-19-21-15(3)14-17(22-19)18(24)23(5-2)16-11-8-7-9-12-16/h7-9,11-12,14H,4-6,10,13H2,1-3H3,(H,20,21,22). The van der Waals surface area contributed by atoms with Gasteiger partial charge in [0.05, 0.1) is 0 Å². The first-order valence-corrected chi connectivity index (χ1v) is 8.62. The van der Waals surface area contributed by atoms with E-state index in [1.165, 1.54) is 12.8 Å². The number of anilines is 2. The van der Waals surface area contributed by atoms with Crippen molar-refractivity contribution in [2.45, 2.75) is 40.0 Å². The summed E-state index contributed by atoms with van der Waals surface area (Å²) in [7, 11) is 0. The van der Waals surface area contributed by atoms with Crippen LogP contribution in [0, 0.1) is 6.92 Å². The molecule has 5 heteroatoms. The van der Waals surface area contributed by atoms with E-state index in [-0.39, 0.29) is 5.91 Å². The monoisotopic (exact) mass is 326 g/mol. The number of carbonyl (C=O) groups is 1. The molecule has 1 amide bonds. The number of benzene rings is 1. The van der Waals surface area contributed by atoms with Gasteiger partial charge in [0, 0.05) is 24.5 Å². The minimum Gasteiger partial charge on any atom is -0.354 e. The maximum absolute atomic E-state index is 12.9. The minimum absolute atomic E-state index is 0.106. The van der Waals surface area contributed by atoms with E-state index in [1.54, 1.807) is 11.0 Å². The number of rotatable bonds is 8.